The van der Waals surface area contributed by atoms with Gasteiger partial charge in [0.05, 0.1) is 11.2 Å². The van der Waals surface area contributed by atoms with Crippen LogP contribution in [0.5, 0.6) is 0 Å². The molecule has 6 heteroatoms. The molecule has 0 saturated carbocycles. The number of halogens is 1. The van der Waals surface area contributed by atoms with Crippen LogP contribution >= 0.6 is 11.6 Å². The molecule has 18 heavy (non-hydrogen) atoms. The Bertz CT molecular complexity index is 669. The summed E-state index contributed by atoms with van der Waals surface area (Å²) in [6.45, 7) is 0. The number of nitrogens with zero attached hydrogens (tertiary/aromatic N) is 4. The molecule has 0 bridgehead atoms. The van der Waals surface area contributed by atoms with Gasteiger partial charge in [0.2, 0.25) is 5.82 Å². The normalized spacial score (nSPS) is 10.5. The second kappa shape index (κ2) is 4.54. The molecule has 0 amide bonds. The molecule has 0 fully saturated rings. The van der Waals surface area contributed by atoms with Crippen LogP contribution in [0.25, 0.3) is 23.0 Å². The molecule has 0 unspecified atom stereocenters. The zero-order valence-electron chi connectivity index (χ0n) is 9.12. The van der Waals surface area contributed by atoms with E-state index in [1.165, 1.54) is 0 Å². The van der Waals surface area contributed by atoms with Gasteiger partial charge in [0.25, 0.3) is 5.89 Å². The van der Waals surface area contributed by atoms with E-state index in [1.807, 2.05) is 18.2 Å². The quantitative estimate of drug-likeness (QED) is 0.707. The number of rotatable bonds is 2. The summed E-state index contributed by atoms with van der Waals surface area (Å²) in [4.78, 5) is 12.3. The van der Waals surface area contributed by atoms with Crippen LogP contribution in [-0.4, -0.2) is 20.1 Å². The molecule has 2 aromatic heterocycles. The van der Waals surface area contributed by atoms with Crippen LogP contribution in [0.1, 0.15) is 0 Å². The zero-order valence-corrected chi connectivity index (χ0v) is 9.87. The van der Waals surface area contributed by atoms with Gasteiger partial charge < -0.3 is 4.52 Å². The number of aromatic nitrogens is 4. The molecule has 1 aromatic carbocycles. The predicted octanol–water partition coefficient (Wildman–Crippen LogP) is 2.85. The fourth-order valence-electron chi connectivity index (χ4n) is 1.49. The van der Waals surface area contributed by atoms with Gasteiger partial charge in [-0.25, -0.2) is 4.98 Å². The van der Waals surface area contributed by atoms with Crippen molar-refractivity contribution in [2.24, 2.45) is 0 Å². The standard InChI is InChI=1S/C12H7ClN4O/c13-9-4-2-1-3-8(9)11-16-12(18-17-11)10-7-14-5-6-15-10/h1-7H. The van der Waals surface area contributed by atoms with Crippen molar-refractivity contribution in [2.45, 2.75) is 0 Å². The Kier molecular flexibility index (Phi) is 2.74. The second-order valence-electron chi connectivity index (χ2n) is 3.49. The van der Waals surface area contributed by atoms with Crippen molar-refractivity contribution in [2.75, 3.05) is 0 Å². The Hall–Kier alpha value is -2.27. The third-order valence-electron chi connectivity index (χ3n) is 2.32. The van der Waals surface area contributed by atoms with Crippen LogP contribution in [-0.2, 0) is 0 Å². The molecule has 0 saturated heterocycles. The Labute approximate surface area is 107 Å². The van der Waals surface area contributed by atoms with Gasteiger partial charge in [-0.05, 0) is 12.1 Å². The van der Waals surface area contributed by atoms with Crippen LogP contribution in [0, 0.1) is 0 Å². The van der Waals surface area contributed by atoms with E-state index in [9.17, 15) is 0 Å². The SMILES string of the molecule is Clc1ccccc1-c1noc(-c2cnccn2)n1. The molecule has 0 spiro atoms. The maximum Gasteiger partial charge on any atom is 0.278 e. The van der Waals surface area contributed by atoms with E-state index < -0.39 is 0 Å². The summed E-state index contributed by atoms with van der Waals surface area (Å²) in [6.07, 6.45) is 4.70. The molecule has 88 valence electrons. The summed E-state index contributed by atoms with van der Waals surface area (Å²) in [7, 11) is 0. The van der Waals surface area contributed by atoms with Crippen molar-refractivity contribution in [3.63, 3.8) is 0 Å². The van der Waals surface area contributed by atoms with Gasteiger partial charge in [0.15, 0.2) is 0 Å². The van der Waals surface area contributed by atoms with E-state index in [0.29, 0.717) is 22.4 Å². The van der Waals surface area contributed by atoms with Gasteiger partial charge in [-0.3, -0.25) is 4.98 Å². The summed E-state index contributed by atoms with van der Waals surface area (Å²) in [6, 6.07) is 7.30. The van der Waals surface area contributed by atoms with Crippen molar-refractivity contribution >= 4 is 11.6 Å². The lowest BCUT2D eigenvalue weighted by atomic mass is 10.2. The van der Waals surface area contributed by atoms with Gasteiger partial charge in [-0.1, -0.05) is 28.9 Å². The van der Waals surface area contributed by atoms with Crippen LogP contribution < -0.4 is 0 Å². The summed E-state index contributed by atoms with van der Waals surface area (Å²) in [5.41, 5.74) is 1.25. The Morgan fingerprint density at radius 1 is 1.11 bits per heavy atom. The lowest BCUT2D eigenvalue weighted by molar-refractivity contribution is 0.431. The molecule has 3 rings (SSSR count). The largest absolute Gasteiger partial charge is 0.332 e. The lowest BCUT2D eigenvalue weighted by Gasteiger charge is -1.95. The van der Waals surface area contributed by atoms with Crippen molar-refractivity contribution in [3.05, 3.63) is 47.9 Å². The first-order valence-corrected chi connectivity index (χ1v) is 5.57. The molecule has 0 aliphatic heterocycles. The molecule has 5 nitrogen and oxygen atoms in total. The molecule has 0 aliphatic carbocycles. The van der Waals surface area contributed by atoms with Crippen LogP contribution in [0.2, 0.25) is 5.02 Å². The molecule has 0 N–H and O–H groups in total. The van der Waals surface area contributed by atoms with Gasteiger partial charge in [-0.2, -0.15) is 4.98 Å². The highest BCUT2D eigenvalue weighted by Gasteiger charge is 2.13. The van der Waals surface area contributed by atoms with Crippen molar-refractivity contribution in [3.8, 4) is 23.0 Å². The first-order valence-electron chi connectivity index (χ1n) is 5.19. The van der Waals surface area contributed by atoms with Crippen molar-refractivity contribution in [1.82, 2.24) is 20.1 Å². The average Bonchev–Trinajstić information content (AvgIpc) is 2.90. The molecular formula is C12H7ClN4O. The Morgan fingerprint density at radius 2 is 2.00 bits per heavy atom. The Morgan fingerprint density at radius 3 is 2.78 bits per heavy atom. The minimum absolute atomic E-state index is 0.318. The van der Waals surface area contributed by atoms with E-state index in [1.54, 1.807) is 24.7 Å². The molecular weight excluding hydrogens is 252 g/mol. The third-order valence-corrected chi connectivity index (χ3v) is 2.65. The average molecular weight is 259 g/mol. The smallest absolute Gasteiger partial charge is 0.278 e. The first-order chi connectivity index (χ1) is 8.84. The van der Waals surface area contributed by atoms with Gasteiger partial charge >= 0.3 is 0 Å². The van der Waals surface area contributed by atoms with Crippen LogP contribution in [0.3, 0.4) is 0 Å². The molecule has 0 atom stereocenters. The third kappa shape index (κ3) is 1.96. The zero-order chi connectivity index (χ0) is 12.4. The summed E-state index contributed by atoms with van der Waals surface area (Å²) < 4.78 is 5.14. The number of benzene rings is 1. The van der Waals surface area contributed by atoms with Crippen LogP contribution in [0.4, 0.5) is 0 Å². The fourth-order valence-corrected chi connectivity index (χ4v) is 1.71. The monoisotopic (exact) mass is 258 g/mol. The van der Waals surface area contributed by atoms with Crippen LogP contribution in [0.15, 0.2) is 47.4 Å². The maximum absolute atomic E-state index is 6.06. The van der Waals surface area contributed by atoms with Gasteiger partial charge in [-0.15, -0.1) is 0 Å². The molecule has 0 radical (unpaired) electrons. The minimum Gasteiger partial charge on any atom is -0.332 e. The number of hydrogen-bond donors (Lipinski definition) is 0. The van der Waals surface area contributed by atoms with E-state index in [0.717, 1.165) is 5.56 Å². The second-order valence-corrected chi connectivity index (χ2v) is 3.90. The minimum atomic E-state index is 0.318. The highest BCUT2D eigenvalue weighted by atomic mass is 35.5. The van der Waals surface area contributed by atoms with Crippen molar-refractivity contribution in [1.29, 1.82) is 0 Å². The predicted molar refractivity (Wildman–Crippen MR) is 65.8 cm³/mol. The maximum atomic E-state index is 6.06. The molecule has 3 aromatic rings. The number of hydrogen-bond acceptors (Lipinski definition) is 5. The first kappa shape index (κ1) is 10.9. The highest BCUT2D eigenvalue weighted by molar-refractivity contribution is 6.33. The lowest BCUT2D eigenvalue weighted by Crippen LogP contribution is -1.85. The van der Waals surface area contributed by atoms with Gasteiger partial charge in [0, 0.05) is 18.0 Å². The molecule has 2 heterocycles. The highest BCUT2D eigenvalue weighted by Crippen LogP contribution is 2.26. The Balaban J connectivity index is 2.03. The van der Waals surface area contributed by atoms with E-state index in [2.05, 4.69) is 20.1 Å². The summed E-state index contributed by atoms with van der Waals surface area (Å²) in [5, 5.41) is 4.46. The van der Waals surface area contributed by atoms with E-state index in [-0.39, 0.29) is 0 Å². The summed E-state index contributed by atoms with van der Waals surface area (Å²) in [5.74, 6) is 0.749. The summed E-state index contributed by atoms with van der Waals surface area (Å²) >= 11 is 6.06. The topological polar surface area (TPSA) is 64.7 Å². The molecule has 0 aliphatic rings. The fraction of sp³-hybridized carbons (Fsp3) is 0. The van der Waals surface area contributed by atoms with Crippen molar-refractivity contribution < 1.29 is 4.52 Å². The van der Waals surface area contributed by atoms with E-state index >= 15 is 0 Å². The van der Waals surface area contributed by atoms with Gasteiger partial charge in [0.1, 0.15) is 5.69 Å². The van der Waals surface area contributed by atoms with E-state index in [4.69, 9.17) is 16.1 Å².